The van der Waals surface area contributed by atoms with Gasteiger partial charge in [-0.2, -0.15) is 13.2 Å². The van der Waals surface area contributed by atoms with Gasteiger partial charge in [0.05, 0.1) is 28.0 Å². The van der Waals surface area contributed by atoms with Gasteiger partial charge in [0.15, 0.2) is 5.75 Å². The van der Waals surface area contributed by atoms with Crippen molar-refractivity contribution in [3.05, 3.63) is 22.2 Å². The van der Waals surface area contributed by atoms with E-state index >= 15 is 0 Å². The minimum Gasteiger partial charge on any atom is -0.490 e. The van der Waals surface area contributed by atoms with Crippen LogP contribution in [0.1, 0.15) is 6.42 Å². The van der Waals surface area contributed by atoms with Gasteiger partial charge in [-0.15, -0.1) is 0 Å². The van der Waals surface area contributed by atoms with E-state index in [4.69, 9.17) is 38.6 Å². The SMILES string of the molecule is O=S(=O)(Cl)c1cc(Cl)c(OCCC(F)(F)F)c(Cl)c1. The first kappa shape index (κ1) is 16.7. The highest BCUT2D eigenvalue weighted by Crippen LogP contribution is 2.36. The summed E-state index contributed by atoms with van der Waals surface area (Å²) in [6.07, 6.45) is -5.56. The molecule has 0 saturated heterocycles. The molecular formula is C9H6Cl3F3O3S. The zero-order chi connectivity index (χ0) is 14.8. The van der Waals surface area contributed by atoms with Gasteiger partial charge in [0.2, 0.25) is 0 Å². The second-order valence-corrected chi connectivity index (χ2v) is 6.75. The molecule has 1 aromatic carbocycles. The van der Waals surface area contributed by atoms with Gasteiger partial charge < -0.3 is 4.74 Å². The van der Waals surface area contributed by atoms with Crippen LogP contribution in [0.2, 0.25) is 10.0 Å². The molecule has 0 aliphatic carbocycles. The summed E-state index contributed by atoms with van der Waals surface area (Å²) in [4.78, 5) is -0.368. The molecule has 1 rings (SSSR count). The standard InChI is InChI=1S/C9H6Cl3F3O3S/c10-6-3-5(19(12,16)17)4-7(11)8(6)18-2-1-9(13,14)15/h3-4H,1-2H2. The second kappa shape index (κ2) is 5.95. The van der Waals surface area contributed by atoms with E-state index in [-0.39, 0.29) is 20.7 Å². The maximum absolute atomic E-state index is 11.9. The molecule has 0 saturated carbocycles. The van der Waals surface area contributed by atoms with Gasteiger partial charge in [-0.3, -0.25) is 0 Å². The first-order chi connectivity index (χ1) is 8.50. The first-order valence-corrected chi connectivity index (χ1v) is 7.70. The highest BCUT2D eigenvalue weighted by atomic mass is 35.7. The van der Waals surface area contributed by atoms with Crippen LogP contribution in [0.25, 0.3) is 0 Å². The molecule has 0 aliphatic heterocycles. The molecule has 0 radical (unpaired) electrons. The number of alkyl halides is 3. The molecule has 0 atom stereocenters. The molecule has 0 N–H and O–H groups in total. The Labute approximate surface area is 121 Å². The Hall–Kier alpha value is -0.370. The number of ether oxygens (including phenoxy) is 1. The van der Waals surface area contributed by atoms with Crippen LogP contribution in [0.5, 0.6) is 5.75 Å². The van der Waals surface area contributed by atoms with Crippen molar-refractivity contribution in [1.29, 1.82) is 0 Å². The van der Waals surface area contributed by atoms with Crippen LogP contribution in [0.15, 0.2) is 17.0 Å². The van der Waals surface area contributed by atoms with Crippen LogP contribution < -0.4 is 4.74 Å². The van der Waals surface area contributed by atoms with Crippen LogP contribution in [0.3, 0.4) is 0 Å². The van der Waals surface area contributed by atoms with Crippen molar-refractivity contribution in [2.24, 2.45) is 0 Å². The number of rotatable bonds is 4. The Bertz CT molecular complexity index is 549. The van der Waals surface area contributed by atoms with Crippen LogP contribution in [-0.2, 0) is 9.05 Å². The Kier molecular flexibility index (Phi) is 5.22. The lowest BCUT2D eigenvalue weighted by Crippen LogP contribution is -2.13. The van der Waals surface area contributed by atoms with Crippen molar-refractivity contribution >= 4 is 42.9 Å². The zero-order valence-electron chi connectivity index (χ0n) is 8.97. The topological polar surface area (TPSA) is 43.4 Å². The average molecular weight is 358 g/mol. The van der Waals surface area contributed by atoms with Crippen LogP contribution in [0, 0.1) is 0 Å². The third kappa shape index (κ3) is 5.25. The largest absolute Gasteiger partial charge is 0.490 e. The highest BCUT2D eigenvalue weighted by Gasteiger charge is 2.27. The summed E-state index contributed by atoms with van der Waals surface area (Å²) in [5, 5.41) is -0.484. The summed E-state index contributed by atoms with van der Waals surface area (Å²) in [5.41, 5.74) is 0. The third-order valence-electron chi connectivity index (χ3n) is 1.89. The van der Waals surface area contributed by atoms with Gasteiger partial charge in [-0.05, 0) is 12.1 Å². The van der Waals surface area contributed by atoms with Gasteiger partial charge in [0.25, 0.3) is 9.05 Å². The third-order valence-corrected chi connectivity index (χ3v) is 3.78. The summed E-state index contributed by atoms with van der Waals surface area (Å²) in [6, 6.07) is 1.89. The van der Waals surface area contributed by atoms with Crippen LogP contribution in [0.4, 0.5) is 13.2 Å². The Balaban J connectivity index is 2.93. The van der Waals surface area contributed by atoms with Crippen molar-refractivity contribution in [3.63, 3.8) is 0 Å². The van der Waals surface area contributed by atoms with Gasteiger partial charge in [0, 0.05) is 10.7 Å². The fourth-order valence-electron chi connectivity index (χ4n) is 1.08. The Morgan fingerprint density at radius 1 is 1.16 bits per heavy atom. The monoisotopic (exact) mass is 356 g/mol. The fraction of sp³-hybridized carbons (Fsp3) is 0.333. The minimum atomic E-state index is -4.38. The summed E-state index contributed by atoms with van der Waals surface area (Å²) in [7, 11) is 1.04. The lowest BCUT2D eigenvalue weighted by atomic mass is 10.3. The summed E-state index contributed by atoms with van der Waals surface area (Å²) in [6.45, 7) is -0.685. The molecule has 10 heteroatoms. The Morgan fingerprint density at radius 2 is 1.63 bits per heavy atom. The molecule has 0 aliphatic rings. The lowest BCUT2D eigenvalue weighted by Gasteiger charge is -2.12. The van der Waals surface area contributed by atoms with Crippen molar-refractivity contribution in [1.82, 2.24) is 0 Å². The zero-order valence-corrected chi connectivity index (χ0v) is 12.1. The molecular weight excluding hydrogens is 352 g/mol. The highest BCUT2D eigenvalue weighted by molar-refractivity contribution is 8.13. The molecule has 0 unspecified atom stereocenters. The van der Waals surface area contributed by atoms with Gasteiger partial charge >= 0.3 is 6.18 Å². The summed E-state index contributed by atoms with van der Waals surface area (Å²) < 4.78 is 62.7. The van der Waals surface area contributed by atoms with Gasteiger partial charge in [0.1, 0.15) is 0 Å². The van der Waals surface area contributed by atoms with E-state index in [1.807, 2.05) is 0 Å². The number of hydrogen-bond acceptors (Lipinski definition) is 3. The molecule has 0 heterocycles. The maximum atomic E-state index is 11.9. The normalized spacial score (nSPS) is 12.5. The average Bonchev–Trinajstić information content (AvgIpc) is 2.18. The van der Waals surface area contributed by atoms with E-state index in [2.05, 4.69) is 0 Å². The smallest absolute Gasteiger partial charge is 0.392 e. The summed E-state index contributed by atoms with van der Waals surface area (Å²) >= 11 is 11.4. The Morgan fingerprint density at radius 3 is 2.00 bits per heavy atom. The van der Waals surface area contributed by atoms with Crippen LogP contribution in [-0.4, -0.2) is 21.2 Å². The molecule has 19 heavy (non-hydrogen) atoms. The van der Waals surface area contributed by atoms with E-state index in [1.54, 1.807) is 0 Å². The molecule has 0 fully saturated rings. The van der Waals surface area contributed by atoms with E-state index in [9.17, 15) is 21.6 Å². The van der Waals surface area contributed by atoms with E-state index in [0.29, 0.717) is 0 Å². The quantitative estimate of drug-likeness (QED) is 0.757. The molecule has 0 aromatic heterocycles. The second-order valence-electron chi connectivity index (χ2n) is 3.37. The van der Waals surface area contributed by atoms with E-state index in [0.717, 1.165) is 12.1 Å². The van der Waals surface area contributed by atoms with Crippen molar-refractivity contribution in [3.8, 4) is 5.75 Å². The van der Waals surface area contributed by atoms with Crippen molar-refractivity contribution in [2.75, 3.05) is 6.61 Å². The number of halogens is 6. The summed E-state index contributed by atoms with van der Waals surface area (Å²) in [5.74, 6) is -0.225. The first-order valence-electron chi connectivity index (χ1n) is 4.64. The van der Waals surface area contributed by atoms with Crippen LogP contribution >= 0.6 is 33.9 Å². The predicted octanol–water partition coefficient (Wildman–Crippen LogP) is 4.25. The van der Waals surface area contributed by atoms with E-state index in [1.165, 1.54) is 0 Å². The van der Waals surface area contributed by atoms with Gasteiger partial charge in [-0.1, -0.05) is 23.2 Å². The van der Waals surface area contributed by atoms with Gasteiger partial charge in [-0.25, -0.2) is 8.42 Å². The molecule has 108 valence electrons. The number of hydrogen-bond donors (Lipinski definition) is 0. The predicted molar refractivity (Wildman–Crippen MR) is 65.7 cm³/mol. The maximum Gasteiger partial charge on any atom is 0.392 e. The van der Waals surface area contributed by atoms with Crippen molar-refractivity contribution in [2.45, 2.75) is 17.5 Å². The fourth-order valence-corrected chi connectivity index (χ4v) is 2.59. The molecule has 0 spiro atoms. The van der Waals surface area contributed by atoms with E-state index < -0.39 is 28.3 Å². The molecule has 0 bridgehead atoms. The van der Waals surface area contributed by atoms with Crippen molar-refractivity contribution < 1.29 is 26.3 Å². The number of benzene rings is 1. The minimum absolute atomic E-state index is 0.225. The molecule has 3 nitrogen and oxygen atoms in total. The molecule has 0 amide bonds. The molecule has 1 aromatic rings. The lowest BCUT2D eigenvalue weighted by molar-refractivity contribution is -0.139.